The van der Waals surface area contributed by atoms with Gasteiger partial charge in [-0.1, -0.05) is 0 Å². The minimum atomic E-state index is 0.203. The predicted molar refractivity (Wildman–Crippen MR) is 58.9 cm³/mol. The summed E-state index contributed by atoms with van der Waals surface area (Å²) in [5.41, 5.74) is 1.36. The van der Waals surface area contributed by atoms with Gasteiger partial charge < -0.3 is 9.30 Å². The van der Waals surface area contributed by atoms with Gasteiger partial charge in [0.05, 0.1) is 19.5 Å². The van der Waals surface area contributed by atoms with E-state index >= 15 is 0 Å². The molecule has 1 unspecified atom stereocenters. The molecule has 4 heteroatoms. The van der Waals surface area contributed by atoms with Crippen LogP contribution in [0.4, 0.5) is 0 Å². The van der Waals surface area contributed by atoms with E-state index in [0.29, 0.717) is 0 Å². The second-order valence-electron chi connectivity index (χ2n) is 3.67. The molecular weight excluding hydrogens is 208 g/mol. The Bertz CT molecular complexity index is 435. The molecule has 0 saturated carbocycles. The second kappa shape index (κ2) is 3.79. The van der Waals surface area contributed by atoms with E-state index in [1.807, 2.05) is 23.9 Å². The molecule has 0 spiro atoms. The van der Waals surface area contributed by atoms with Crippen molar-refractivity contribution in [3.63, 3.8) is 0 Å². The average molecular weight is 220 g/mol. The van der Waals surface area contributed by atoms with Crippen molar-refractivity contribution < 1.29 is 4.74 Å². The van der Waals surface area contributed by atoms with Crippen molar-refractivity contribution in [3.8, 4) is 0 Å². The SMILES string of the molecule is c1cn(CC2OCCc3sccc32)cn1. The van der Waals surface area contributed by atoms with Crippen LogP contribution in [0.2, 0.25) is 0 Å². The maximum absolute atomic E-state index is 5.79. The summed E-state index contributed by atoms with van der Waals surface area (Å²) in [7, 11) is 0. The summed E-state index contributed by atoms with van der Waals surface area (Å²) in [5, 5.41) is 2.15. The molecule has 0 N–H and O–H groups in total. The maximum atomic E-state index is 5.79. The molecule has 3 rings (SSSR count). The molecule has 0 saturated heterocycles. The topological polar surface area (TPSA) is 27.1 Å². The first-order chi connectivity index (χ1) is 7.43. The minimum Gasteiger partial charge on any atom is -0.371 e. The van der Waals surface area contributed by atoms with Crippen molar-refractivity contribution in [2.45, 2.75) is 19.1 Å². The van der Waals surface area contributed by atoms with Crippen LogP contribution in [0.25, 0.3) is 0 Å². The number of imidazole rings is 1. The zero-order chi connectivity index (χ0) is 10.1. The molecule has 1 atom stereocenters. The van der Waals surface area contributed by atoms with Crippen LogP contribution in [-0.2, 0) is 17.7 Å². The van der Waals surface area contributed by atoms with Gasteiger partial charge in [0.15, 0.2) is 0 Å². The van der Waals surface area contributed by atoms with Crippen molar-refractivity contribution in [1.82, 2.24) is 9.55 Å². The van der Waals surface area contributed by atoms with Crippen LogP contribution < -0.4 is 0 Å². The Balaban J connectivity index is 1.84. The fourth-order valence-electron chi connectivity index (χ4n) is 1.96. The summed E-state index contributed by atoms with van der Waals surface area (Å²) in [6.07, 6.45) is 6.88. The normalized spacial score (nSPS) is 20.1. The Morgan fingerprint density at radius 3 is 3.47 bits per heavy atom. The Labute approximate surface area is 92.3 Å². The van der Waals surface area contributed by atoms with Gasteiger partial charge in [0.25, 0.3) is 0 Å². The number of hydrogen-bond donors (Lipinski definition) is 0. The van der Waals surface area contributed by atoms with Crippen molar-refractivity contribution >= 4 is 11.3 Å². The van der Waals surface area contributed by atoms with E-state index in [4.69, 9.17) is 4.74 Å². The van der Waals surface area contributed by atoms with Gasteiger partial charge in [0.2, 0.25) is 0 Å². The zero-order valence-corrected chi connectivity index (χ0v) is 9.11. The molecule has 0 fully saturated rings. The van der Waals surface area contributed by atoms with Crippen LogP contribution in [0, 0.1) is 0 Å². The van der Waals surface area contributed by atoms with Crippen molar-refractivity contribution in [2.75, 3.05) is 6.61 Å². The number of thiophene rings is 1. The van der Waals surface area contributed by atoms with Crippen LogP contribution in [0.1, 0.15) is 16.5 Å². The van der Waals surface area contributed by atoms with E-state index in [1.54, 1.807) is 6.20 Å². The van der Waals surface area contributed by atoms with Gasteiger partial charge in [-0.2, -0.15) is 0 Å². The second-order valence-corrected chi connectivity index (χ2v) is 4.67. The quantitative estimate of drug-likeness (QED) is 0.776. The highest BCUT2D eigenvalue weighted by Gasteiger charge is 2.21. The molecule has 0 aliphatic carbocycles. The molecule has 1 aliphatic heterocycles. The molecule has 78 valence electrons. The summed E-state index contributed by atoms with van der Waals surface area (Å²) < 4.78 is 7.86. The largest absolute Gasteiger partial charge is 0.371 e. The Morgan fingerprint density at radius 1 is 1.60 bits per heavy atom. The lowest BCUT2D eigenvalue weighted by molar-refractivity contribution is 0.0318. The summed E-state index contributed by atoms with van der Waals surface area (Å²) >= 11 is 1.84. The first-order valence-electron chi connectivity index (χ1n) is 5.07. The molecule has 15 heavy (non-hydrogen) atoms. The van der Waals surface area contributed by atoms with Gasteiger partial charge in [-0.05, 0) is 17.0 Å². The number of rotatable bonds is 2. The minimum absolute atomic E-state index is 0.203. The highest BCUT2D eigenvalue weighted by atomic mass is 32.1. The van der Waals surface area contributed by atoms with Gasteiger partial charge >= 0.3 is 0 Å². The van der Waals surface area contributed by atoms with E-state index in [0.717, 1.165) is 19.6 Å². The van der Waals surface area contributed by atoms with Gasteiger partial charge in [0.1, 0.15) is 6.10 Å². The fourth-order valence-corrected chi connectivity index (χ4v) is 2.88. The van der Waals surface area contributed by atoms with Crippen molar-refractivity contribution in [3.05, 3.63) is 40.6 Å². The predicted octanol–water partition coefficient (Wildman–Crippen LogP) is 2.26. The third-order valence-electron chi connectivity index (χ3n) is 2.71. The Kier molecular flexibility index (Phi) is 2.31. The molecular formula is C11H12N2OS. The first-order valence-corrected chi connectivity index (χ1v) is 5.95. The van der Waals surface area contributed by atoms with Crippen LogP contribution in [0.3, 0.4) is 0 Å². The Morgan fingerprint density at radius 2 is 2.60 bits per heavy atom. The number of ether oxygens (including phenoxy) is 1. The third kappa shape index (κ3) is 1.70. The van der Waals surface area contributed by atoms with Crippen LogP contribution in [-0.4, -0.2) is 16.2 Å². The van der Waals surface area contributed by atoms with E-state index in [9.17, 15) is 0 Å². The molecule has 1 aliphatic rings. The highest BCUT2D eigenvalue weighted by Crippen LogP contribution is 2.31. The molecule has 3 heterocycles. The number of hydrogen-bond acceptors (Lipinski definition) is 3. The highest BCUT2D eigenvalue weighted by molar-refractivity contribution is 7.10. The van der Waals surface area contributed by atoms with Crippen molar-refractivity contribution in [2.24, 2.45) is 0 Å². The zero-order valence-electron chi connectivity index (χ0n) is 8.30. The van der Waals surface area contributed by atoms with Gasteiger partial charge in [-0.25, -0.2) is 4.98 Å². The van der Waals surface area contributed by atoms with Crippen molar-refractivity contribution in [1.29, 1.82) is 0 Å². The number of aromatic nitrogens is 2. The molecule has 0 aromatic carbocycles. The lowest BCUT2D eigenvalue weighted by Crippen LogP contribution is -2.18. The van der Waals surface area contributed by atoms with Crippen LogP contribution in [0.5, 0.6) is 0 Å². The number of fused-ring (bicyclic) bond motifs is 1. The number of nitrogens with zero attached hydrogens (tertiary/aromatic N) is 2. The molecule has 0 radical (unpaired) electrons. The molecule has 3 nitrogen and oxygen atoms in total. The lowest BCUT2D eigenvalue weighted by atomic mass is 10.1. The summed E-state index contributed by atoms with van der Waals surface area (Å²) in [5.74, 6) is 0. The molecule has 0 bridgehead atoms. The summed E-state index contributed by atoms with van der Waals surface area (Å²) in [6, 6.07) is 2.18. The monoisotopic (exact) mass is 220 g/mol. The van der Waals surface area contributed by atoms with Crippen LogP contribution >= 0.6 is 11.3 Å². The van der Waals surface area contributed by atoms with Crippen LogP contribution in [0.15, 0.2) is 30.2 Å². The summed E-state index contributed by atoms with van der Waals surface area (Å²) in [6.45, 7) is 1.70. The maximum Gasteiger partial charge on any atom is 0.101 e. The first kappa shape index (κ1) is 9.12. The third-order valence-corrected chi connectivity index (χ3v) is 3.71. The molecule has 0 amide bonds. The van der Waals surface area contributed by atoms with Gasteiger partial charge in [-0.15, -0.1) is 11.3 Å². The fraction of sp³-hybridized carbons (Fsp3) is 0.364. The lowest BCUT2D eigenvalue weighted by Gasteiger charge is -2.23. The van der Waals surface area contributed by atoms with Gasteiger partial charge in [0, 0.05) is 23.7 Å². The molecule has 2 aromatic rings. The van der Waals surface area contributed by atoms with Gasteiger partial charge in [-0.3, -0.25) is 0 Å². The van der Waals surface area contributed by atoms with E-state index in [1.165, 1.54) is 10.4 Å². The Hall–Kier alpha value is -1.13. The summed E-state index contributed by atoms with van der Waals surface area (Å²) in [4.78, 5) is 5.52. The molecule has 2 aromatic heterocycles. The van der Waals surface area contributed by atoms with E-state index < -0.39 is 0 Å². The van der Waals surface area contributed by atoms with E-state index in [-0.39, 0.29) is 6.10 Å². The average Bonchev–Trinajstić information content (AvgIpc) is 2.87. The van der Waals surface area contributed by atoms with E-state index in [2.05, 4.69) is 21.0 Å². The smallest absolute Gasteiger partial charge is 0.101 e. The standard InChI is InChI=1S/C11H12N2OS/c1-5-14-10(7-13-4-3-12-8-13)9-2-6-15-11(1)9/h2-4,6,8,10H,1,5,7H2.